The summed E-state index contributed by atoms with van der Waals surface area (Å²) in [4.78, 5) is 27.3. The van der Waals surface area contributed by atoms with Gasteiger partial charge in [0.15, 0.2) is 5.03 Å². The van der Waals surface area contributed by atoms with Crippen LogP contribution < -0.4 is 15.8 Å². The van der Waals surface area contributed by atoms with Gasteiger partial charge in [0.25, 0.3) is 21.8 Å². The van der Waals surface area contributed by atoms with Gasteiger partial charge in [-0.15, -0.1) is 0 Å². The van der Waals surface area contributed by atoms with Gasteiger partial charge in [-0.05, 0) is 39.8 Å². The molecule has 0 radical (unpaired) electrons. The van der Waals surface area contributed by atoms with Crippen LogP contribution in [0, 0.1) is 0 Å². The lowest BCUT2D eigenvalue weighted by atomic mass is 10.1. The van der Waals surface area contributed by atoms with Crippen molar-refractivity contribution in [3.8, 4) is 0 Å². The maximum Gasteiger partial charge on any atom is 0.281 e. The number of nitrogens with one attached hydrogen (secondary N) is 2. The molecule has 10 heteroatoms. The first-order valence-corrected chi connectivity index (χ1v) is 8.61. The zero-order valence-corrected chi connectivity index (χ0v) is 14.7. The number of rotatable bonds is 5. The molecule has 0 aliphatic heterocycles. The van der Waals surface area contributed by atoms with E-state index in [4.69, 9.17) is 5.73 Å². The number of carbonyl (C=O) groups excluding carboxylic acids is 2. The first-order chi connectivity index (χ1) is 10.8. The third-order valence-electron chi connectivity index (χ3n) is 2.82. The van der Waals surface area contributed by atoms with E-state index in [1.807, 2.05) is 0 Å². The first-order valence-electron chi connectivity index (χ1n) is 7.12. The highest BCUT2D eigenvalue weighted by atomic mass is 32.2. The Morgan fingerprint density at radius 3 is 2.29 bits per heavy atom. The van der Waals surface area contributed by atoms with Gasteiger partial charge in [0.1, 0.15) is 6.04 Å². The SMILES string of the molecule is C[C@@H](O)[C@H](N)C(=O)NS(=O)(=O)c1ccc(C(=O)NC(C)(C)C)cn1. The topological polar surface area (TPSA) is 151 Å². The van der Waals surface area contributed by atoms with E-state index in [1.165, 1.54) is 13.0 Å². The summed E-state index contributed by atoms with van der Waals surface area (Å²) in [5, 5.41) is 11.5. The Labute approximate surface area is 140 Å². The number of aromatic nitrogens is 1. The Morgan fingerprint density at radius 1 is 1.29 bits per heavy atom. The predicted octanol–water partition coefficient (Wildman–Crippen LogP) is -0.877. The van der Waals surface area contributed by atoms with Crippen molar-refractivity contribution < 1.29 is 23.1 Å². The minimum absolute atomic E-state index is 0.177. The molecule has 0 aromatic carbocycles. The molecule has 1 rings (SSSR count). The van der Waals surface area contributed by atoms with Crippen LogP contribution >= 0.6 is 0 Å². The number of aliphatic hydroxyl groups excluding tert-OH is 1. The molecular formula is C14H22N4O5S. The molecule has 2 amide bonds. The third-order valence-corrected chi connectivity index (χ3v) is 4.08. The van der Waals surface area contributed by atoms with Crippen LogP contribution in [0.4, 0.5) is 0 Å². The molecule has 1 heterocycles. The molecule has 1 aromatic heterocycles. The first kappa shape index (κ1) is 20.0. The number of hydrogen-bond donors (Lipinski definition) is 4. The fourth-order valence-corrected chi connectivity index (χ4v) is 2.50. The highest BCUT2D eigenvalue weighted by molar-refractivity contribution is 7.90. The number of pyridine rings is 1. The molecule has 0 saturated heterocycles. The van der Waals surface area contributed by atoms with Gasteiger partial charge in [-0.3, -0.25) is 9.59 Å². The van der Waals surface area contributed by atoms with E-state index in [9.17, 15) is 23.1 Å². The Kier molecular flexibility index (Phi) is 6.04. The van der Waals surface area contributed by atoms with Gasteiger partial charge < -0.3 is 16.2 Å². The lowest BCUT2D eigenvalue weighted by Gasteiger charge is -2.20. The Hall–Kier alpha value is -2.04. The quantitative estimate of drug-likeness (QED) is 0.533. The lowest BCUT2D eigenvalue weighted by Crippen LogP contribution is -2.49. The van der Waals surface area contributed by atoms with Gasteiger partial charge in [0, 0.05) is 11.7 Å². The number of nitrogens with zero attached hydrogens (tertiary/aromatic N) is 1. The van der Waals surface area contributed by atoms with Gasteiger partial charge in [0.05, 0.1) is 11.7 Å². The average molecular weight is 358 g/mol. The van der Waals surface area contributed by atoms with Gasteiger partial charge in [-0.1, -0.05) is 0 Å². The fraction of sp³-hybridized carbons (Fsp3) is 0.500. The van der Waals surface area contributed by atoms with Crippen LogP contribution in [0.5, 0.6) is 0 Å². The molecule has 0 saturated carbocycles. The van der Waals surface area contributed by atoms with Crippen LogP contribution in [0.15, 0.2) is 23.4 Å². The fourth-order valence-electron chi connectivity index (χ4n) is 1.56. The van der Waals surface area contributed by atoms with E-state index in [0.29, 0.717) is 0 Å². The normalized spacial score (nSPS) is 14.6. The Bertz CT molecular complexity index is 708. The van der Waals surface area contributed by atoms with Crippen LogP contribution in [0.1, 0.15) is 38.1 Å². The predicted molar refractivity (Wildman–Crippen MR) is 86.4 cm³/mol. The minimum Gasteiger partial charge on any atom is -0.391 e. The number of nitrogens with two attached hydrogens (primary N) is 1. The zero-order valence-electron chi connectivity index (χ0n) is 13.9. The summed E-state index contributed by atoms with van der Waals surface area (Å²) in [5.74, 6) is -1.46. The summed E-state index contributed by atoms with van der Waals surface area (Å²) in [5.41, 5.74) is 5.09. The summed E-state index contributed by atoms with van der Waals surface area (Å²) >= 11 is 0. The van der Waals surface area contributed by atoms with Crippen molar-refractivity contribution in [2.24, 2.45) is 5.73 Å². The molecule has 2 atom stereocenters. The van der Waals surface area contributed by atoms with Crippen molar-refractivity contribution in [2.75, 3.05) is 0 Å². The largest absolute Gasteiger partial charge is 0.391 e. The van der Waals surface area contributed by atoms with E-state index < -0.39 is 44.5 Å². The van der Waals surface area contributed by atoms with Gasteiger partial charge in [-0.25, -0.2) is 9.71 Å². The van der Waals surface area contributed by atoms with Gasteiger partial charge >= 0.3 is 0 Å². The minimum atomic E-state index is -4.25. The van der Waals surface area contributed by atoms with E-state index in [0.717, 1.165) is 12.3 Å². The summed E-state index contributed by atoms with van der Waals surface area (Å²) in [7, 11) is -4.25. The van der Waals surface area contributed by atoms with Crippen LogP contribution in [0.2, 0.25) is 0 Å². The van der Waals surface area contributed by atoms with Crippen LogP contribution in [-0.4, -0.2) is 48.0 Å². The zero-order chi connectivity index (χ0) is 18.7. The maximum atomic E-state index is 12.0. The van der Waals surface area contributed by atoms with Crippen molar-refractivity contribution in [1.29, 1.82) is 0 Å². The molecular weight excluding hydrogens is 336 g/mol. The van der Waals surface area contributed by atoms with Crippen molar-refractivity contribution in [3.63, 3.8) is 0 Å². The van der Waals surface area contributed by atoms with E-state index in [2.05, 4.69) is 10.3 Å². The molecule has 9 nitrogen and oxygen atoms in total. The van der Waals surface area contributed by atoms with E-state index >= 15 is 0 Å². The summed E-state index contributed by atoms with van der Waals surface area (Å²) in [6.07, 6.45) is -0.119. The summed E-state index contributed by atoms with van der Waals surface area (Å²) in [6, 6.07) is 0.986. The number of sulfonamides is 1. The summed E-state index contributed by atoms with van der Waals surface area (Å²) in [6.45, 7) is 6.67. The average Bonchev–Trinajstić information content (AvgIpc) is 2.44. The molecule has 0 fully saturated rings. The second kappa shape index (κ2) is 7.24. The van der Waals surface area contributed by atoms with E-state index in [1.54, 1.807) is 25.5 Å². The van der Waals surface area contributed by atoms with Gasteiger partial charge in [-0.2, -0.15) is 8.42 Å². The smallest absolute Gasteiger partial charge is 0.281 e. The van der Waals surface area contributed by atoms with Crippen molar-refractivity contribution in [1.82, 2.24) is 15.0 Å². The highest BCUT2D eigenvalue weighted by Crippen LogP contribution is 2.09. The molecule has 134 valence electrons. The maximum absolute atomic E-state index is 12.0. The molecule has 24 heavy (non-hydrogen) atoms. The standard InChI is InChI=1S/C14H22N4O5S/c1-8(19)11(15)13(21)18-24(22,23)10-6-5-9(7-16-10)12(20)17-14(2,3)4/h5-8,11,19H,15H2,1-4H3,(H,17,20)(H,18,21)/t8-,11+/m1/s1. The number of carbonyl (C=O) groups is 2. The Balaban J connectivity index is 2.92. The molecule has 0 spiro atoms. The second-order valence-electron chi connectivity index (χ2n) is 6.33. The van der Waals surface area contributed by atoms with Crippen LogP contribution in [-0.2, 0) is 14.8 Å². The van der Waals surface area contributed by atoms with Crippen molar-refractivity contribution in [3.05, 3.63) is 23.9 Å². The van der Waals surface area contributed by atoms with Gasteiger partial charge in [0.2, 0.25) is 0 Å². The summed E-state index contributed by atoms with van der Waals surface area (Å²) < 4.78 is 25.8. The number of aliphatic hydroxyl groups is 1. The molecule has 0 bridgehead atoms. The highest BCUT2D eigenvalue weighted by Gasteiger charge is 2.26. The lowest BCUT2D eigenvalue weighted by molar-refractivity contribution is -0.122. The Morgan fingerprint density at radius 2 is 1.88 bits per heavy atom. The third kappa shape index (κ3) is 5.55. The second-order valence-corrected chi connectivity index (χ2v) is 7.95. The number of amides is 2. The molecule has 0 aliphatic rings. The monoisotopic (exact) mass is 358 g/mol. The van der Waals surface area contributed by atoms with E-state index in [-0.39, 0.29) is 5.56 Å². The van der Waals surface area contributed by atoms with Crippen molar-refractivity contribution >= 4 is 21.8 Å². The van der Waals surface area contributed by atoms with Crippen LogP contribution in [0.3, 0.4) is 0 Å². The molecule has 5 N–H and O–H groups in total. The molecule has 0 unspecified atom stereocenters. The molecule has 0 aliphatic carbocycles. The number of hydrogen-bond acceptors (Lipinski definition) is 7. The van der Waals surface area contributed by atoms with Crippen LogP contribution in [0.25, 0.3) is 0 Å². The van der Waals surface area contributed by atoms with Crippen molar-refractivity contribution in [2.45, 2.75) is 50.4 Å². The molecule has 1 aromatic rings.